The van der Waals surface area contributed by atoms with Gasteiger partial charge in [0.15, 0.2) is 15.3 Å². The van der Waals surface area contributed by atoms with Gasteiger partial charge in [-0.05, 0) is 31.9 Å². The second-order valence-electron chi connectivity index (χ2n) is 6.40. The number of allylic oxidation sites excluding steroid dienone is 2. The van der Waals surface area contributed by atoms with Crippen LogP contribution in [0.15, 0.2) is 52.8 Å². The largest absolute Gasteiger partial charge is 0.468 e. The highest BCUT2D eigenvalue weighted by molar-refractivity contribution is 7.94. The first-order chi connectivity index (χ1) is 12.2. The van der Waals surface area contributed by atoms with Crippen LogP contribution in [0.25, 0.3) is 0 Å². The number of rotatable bonds is 5. The molecule has 0 spiro atoms. The molecule has 2 rings (SSSR count). The third kappa shape index (κ3) is 3.72. The molecule has 0 aliphatic heterocycles. The number of carbonyl (C=O) groups is 2. The minimum atomic E-state index is -3.63. The fourth-order valence-corrected chi connectivity index (χ4v) is 4.17. The first kappa shape index (κ1) is 19.9. The molecule has 1 aromatic rings. The monoisotopic (exact) mass is 378 g/mol. The van der Waals surface area contributed by atoms with Crippen LogP contribution in [-0.4, -0.2) is 34.6 Å². The molecule has 6 nitrogen and oxygen atoms in total. The van der Waals surface area contributed by atoms with Crippen molar-refractivity contribution in [1.82, 2.24) is 0 Å². The average molecular weight is 378 g/mol. The van der Waals surface area contributed by atoms with Gasteiger partial charge >= 0.3 is 11.9 Å². The molecule has 140 valence electrons. The molecule has 1 aliphatic rings. The summed E-state index contributed by atoms with van der Waals surface area (Å²) in [4.78, 5) is 24.5. The Labute approximate surface area is 153 Å². The van der Waals surface area contributed by atoms with E-state index in [-0.39, 0.29) is 17.7 Å². The summed E-state index contributed by atoms with van der Waals surface area (Å²) >= 11 is 0. The fourth-order valence-electron chi connectivity index (χ4n) is 3.10. The number of aryl methyl sites for hydroxylation is 1. The van der Waals surface area contributed by atoms with Gasteiger partial charge in [-0.3, -0.25) is 9.59 Å². The Balaban J connectivity index is 2.28. The zero-order chi connectivity index (χ0) is 19.5. The Morgan fingerprint density at radius 1 is 1.15 bits per heavy atom. The van der Waals surface area contributed by atoms with E-state index in [1.165, 1.54) is 32.4 Å². The number of sulfone groups is 1. The van der Waals surface area contributed by atoms with Crippen molar-refractivity contribution in [2.24, 2.45) is 11.3 Å². The van der Waals surface area contributed by atoms with E-state index >= 15 is 0 Å². The standard InChI is InChI=1S/C19H22O6S/c1-13-5-7-16(8-6-13)26(22,23)10-9-15-12-19(11-14(15)2,17(20)24-3)18(21)25-4/h5-10,15H,2,11-12H2,1,3-4H3/b10-9+/t15-/m0/s1. The summed E-state index contributed by atoms with van der Waals surface area (Å²) < 4.78 is 34.4. The molecule has 26 heavy (non-hydrogen) atoms. The highest BCUT2D eigenvalue weighted by Gasteiger charge is 2.54. The van der Waals surface area contributed by atoms with Crippen LogP contribution < -0.4 is 0 Å². The summed E-state index contributed by atoms with van der Waals surface area (Å²) in [6.07, 6.45) is 1.59. The number of benzene rings is 1. The van der Waals surface area contributed by atoms with Crippen LogP contribution in [-0.2, 0) is 28.9 Å². The van der Waals surface area contributed by atoms with Crippen LogP contribution in [0.2, 0.25) is 0 Å². The molecule has 1 saturated carbocycles. The maximum absolute atomic E-state index is 12.4. The molecule has 0 amide bonds. The molecule has 0 saturated heterocycles. The molecule has 0 unspecified atom stereocenters. The van der Waals surface area contributed by atoms with Gasteiger partial charge < -0.3 is 9.47 Å². The van der Waals surface area contributed by atoms with Crippen LogP contribution in [0.1, 0.15) is 18.4 Å². The maximum Gasteiger partial charge on any atom is 0.323 e. The molecule has 1 aromatic carbocycles. The molecular formula is C19H22O6S. The number of hydrogen-bond acceptors (Lipinski definition) is 6. The second kappa shape index (κ2) is 7.45. The van der Waals surface area contributed by atoms with E-state index < -0.39 is 33.1 Å². The van der Waals surface area contributed by atoms with Crippen LogP contribution in [0.3, 0.4) is 0 Å². The first-order valence-corrected chi connectivity index (χ1v) is 9.55. The molecule has 1 atom stereocenters. The van der Waals surface area contributed by atoms with E-state index in [1.807, 2.05) is 6.92 Å². The maximum atomic E-state index is 12.4. The normalized spacial score (nSPS) is 19.5. The molecular weight excluding hydrogens is 356 g/mol. The summed E-state index contributed by atoms with van der Waals surface area (Å²) in [5, 5.41) is 1.10. The predicted octanol–water partition coefficient (Wildman–Crippen LogP) is 2.58. The minimum Gasteiger partial charge on any atom is -0.468 e. The van der Waals surface area contributed by atoms with Crippen LogP contribution in [0.5, 0.6) is 0 Å². The minimum absolute atomic E-state index is 0.0606. The Morgan fingerprint density at radius 2 is 1.69 bits per heavy atom. The van der Waals surface area contributed by atoms with E-state index in [1.54, 1.807) is 12.1 Å². The Hall–Kier alpha value is -2.41. The second-order valence-corrected chi connectivity index (χ2v) is 8.23. The summed E-state index contributed by atoms with van der Waals surface area (Å²) in [6, 6.07) is 6.50. The molecule has 0 bridgehead atoms. The quantitative estimate of drug-likeness (QED) is 0.445. The molecule has 0 aromatic heterocycles. The van der Waals surface area contributed by atoms with Crippen molar-refractivity contribution in [3.05, 3.63) is 53.5 Å². The lowest BCUT2D eigenvalue weighted by atomic mass is 9.85. The molecule has 1 aliphatic carbocycles. The predicted molar refractivity (Wildman–Crippen MR) is 95.8 cm³/mol. The number of esters is 2. The van der Waals surface area contributed by atoms with Gasteiger partial charge in [0.25, 0.3) is 0 Å². The first-order valence-electron chi connectivity index (χ1n) is 8.01. The molecule has 0 N–H and O–H groups in total. The summed E-state index contributed by atoms with van der Waals surface area (Å²) in [6.45, 7) is 5.76. The highest BCUT2D eigenvalue weighted by Crippen LogP contribution is 2.47. The van der Waals surface area contributed by atoms with Gasteiger partial charge in [0.05, 0.1) is 19.1 Å². The van der Waals surface area contributed by atoms with Crippen LogP contribution in [0, 0.1) is 18.3 Å². The smallest absolute Gasteiger partial charge is 0.323 e. The van der Waals surface area contributed by atoms with Gasteiger partial charge in [-0.2, -0.15) is 0 Å². The molecule has 0 radical (unpaired) electrons. The summed E-state index contributed by atoms with van der Waals surface area (Å²) in [5.74, 6) is -1.86. The SMILES string of the molecule is C=C1CC(C(=O)OC)(C(=O)OC)C[C@@H]1/C=C/S(=O)(=O)c1ccc(C)cc1. The topological polar surface area (TPSA) is 86.7 Å². The van der Waals surface area contributed by atoms with Crippen molar-refractivity contribution in [2.75, 3.05) is 14.2 Å². The van der Waals surface area contributed by atoms with E-state index in [0.717, 1.165) is 11.0 Å². The Morgan fingerprint density at radius 3 is 2.19 bits per heavy atom. The summed E-state index contributed by atoms with van der Waals surface area (Å²) in [7, 11) is -1.24. The number of ether oxygens (including phenoxy) is 2. The van der Waals surface area contributed by atoms with E-state index in [4.69, 9.17) is 9.47 Å². The van der Waals surface area contributed by atoms with Gasteiger partial charge in [-0.25, -0.2) is 8.42 Å². The molecule has 1 fully saturated rings. The van der Waals surface area contributed by atoms with Crippen LogP contribution >= 0.6 is 0 Å². The van der Waals surface area contributed by atoms with Crippen molar-refractivity contribution in [3.63, 3.8) is 0 Å². The van der Waals surface area contributed by atoms with Crippen molar-refractivity contribution < 1.29 is 27.5 Å². The Kier molecular flexibility index (Phi) is 5.71. The van der Waals surface area contributed by atoms with Crippen LogP contribution in [0.4, 0.5) is 0 Å². The zero-order valence-corrected chi connectivity index (χ0v) is 15.8. The zero-order valence-electron chi connectivity index (χ0n) is 15.0. The molecule has 0 heterocycles. The number of carbonyl (C=O) groups excluding carboxylic acids is 2. The van der Waals surface area contributed by atoms with Crippen molar-refractivity contribution in [2.45, 2.75) is 24.7 Å². The lowest BCUT2D eigenvalue weighted by molar-refractivity contribution is -0.168. The molecule has 7 heteroatoms. The third-order valence-electron chi connectivity index (χ3n) is 4.61. The fraction of sp³-hybridized carbons (Fsp3) is 0.368. The van der Waals surface area contributed by atoms with Gasteiger partial charge in [-0.15, -0.1) is 0 Å². The number of hydrogen-bond donors (Lipinski definition) is 0. The lowest BCUT2D eigenvalue weighted by Crippen LogP contribution is -2.39. The van der Waals surface area contributed by atoms with E-state index in [2.05, 4.69) is 6.58 Å². The van der Waals surface area contributed by atoms with Gasteiger partial charge in [0, 0.05) is 11.3 Å². The van der Waals surface area contributed by atoms with Gasteiger partial charge in [-0.1, -0.05) is 35.9 Å². The highest BCUT2D eigenvalue weighted by atomic mass is 32.2. The van der Waals surface area contributed by atoms with Crippen molar-refractivity contribution in [3.8, 4) is 0 Å². The third-order valence-corrected chi connectivity index (χ3v) is 6.06. The lowest BCUT2D eigenvalue weighted by Gasteiger charge is -2.22. The average Bonchev–Trinajstić information content (AvgIpc) is 2.96. The van der Waals surface area contributed by atoms with Gasteiger partial charge in [0.2, 0.25) is 0 Å². The summed E-state index contributed by atoms with van der Waals surface area (Å²) in [5.41, 5.74) is 0.0534. The van der Waals surface area contributed by atoms with E-state index in [0.29, 0.717) is 5.57 Å². The number of methoxy groups -OCH3 is 2. The van der Waals surface area contributed by atoms with Gasteiger partial charge in [0.1, 0.15) is 0 Å². The van der Waals surface area contributed by atoms with E-state index in [9.17, 15) is 18.0 Å². The van der Waals surface area contributed by atoms with Crippen molar-refractivity contribution >= 4 is 21.8 Å². The Bertz CT molecular complexity index is 833. The van der Waals surface area contributed by atoms with Crippen molar-refractivity contribution in [1.29, 1.82) is 0 Å².